The summed E-state index contributed by atoms with van der Waals surface area (Å²) >= 11 is 0. The van der Waals surface area contributed by atoms with Crippen molar-refractivity contribution in [1.29, 1.82) is 0 Å². The van der Waals surface area contributed by atoms with Crippen molar-refractivity contribution in [2.24, 2.45) is 0 Å². The molecule has 0 aliphatic carbocycles. The summed E-state index contributed by atoms with van der Waals surface area (Å²) in [5, 5.41) is 13.0. The van der Waals surface area contributed by atoms with Crippen molar-refractivity contribution < 1.29 is 27.6 Å². The van der Waals surface area contributed by atoms with Crippen molar-refractivity contribution in [2.75, 3.05) is 19.5 Å². The van der Waals surface area contributed by atoms with Crippen LogP contribution in [0.3, 0.4) is 0 Å². The third-order valence-electron chi connectivity index (χ3n) is 2.76. The fraction of sp³-hybridized carbons (Fsp3) is 0.167. The van der Waals surface area contributed by atoms with Gasteiger partial charge in [-0.2, -0.15) is 9.97 Å². The largest absolute Gasteiger partial charge is 0.467 e. The first-order chi connectivity index (χ1) is 12.3. The van der Waals surface area contributed by atoms with Crippen LogP contribution in [0.4, 0.5) is 16.4 Å². The first-order valence-corrected chi connectivity index (χ1v) is 8.16. The molecule has 1 aromatic carbocycles. The molecule has 0 saturated carbocycles. The predicted octanol–water partition coefficient (Wildman–Crippen LogP) is 0.307. The molecule has 0 aliphatic rings. The monoisotopic (exact) mass is 384 g/mol. The van der Waals surface area contributed by atoms with E-state index in [0.717, 1.165) is 12.1 Å². The number of carbonyl (C=O) groups is 1. The number of nitrogens with one attached hydrogen (secondary N) is 2. The number of carbonyl (C=O) groups excluding carboxylic acids is 1. The molecule has 2 amide bonds. The zero-order valence-corrected chi connectivity index (χ0v) is 14.2. The van der Waals surface area contributed by atoms with E-state index in [1.165, 1.54) is 26.4 Å². The smallest absolute Gasteiger partial charge is 0.335 e. The van der Waals surface area contributed by atoms with E-state index in [1.807, 2.05) is 5.32 Å². The Morgan fingerprint density at radius 2 is 1.69 bits per heavy atom. The minimum Gasteiger partial charge on any atom is -0.467 e. The van der Waals surface area contributed by atoms with Crippen LogP contribution in [0.5, 0.6) is 12.0 Å². The van der Waals surface area contributed by atoms with Crippen molar-refractivity contribution >= 4 is 27.7 Å². The number of rotatable bonds is 6. The molecule has 0 unspecified atom stereocenters. The molecule has 138 valence electrons. The highest BCUT2D eigenvalue weighted by Gasteiger charge is 2.27. The Bertz CT molecular complexity index is 927. The molecule has 26 heavy (non-hydrogen) atoms. The molecule has 1 heterocycles. The van der Waals surface area contributed by atoms with Gasteiger partial charge in [-0.15, -0.1) is 4.98 Å². The second kappa shape index (κ2) is 7.56. The van der Waals surface area contributed by atoms with Crippen LogP contribution in [0.1, 0.15) is 0 Å². The van der Waals surface area contributed by atoms with Crippen LogP contribution in [-0.4, -0.2) is 48.5 Å². The molecule has 14 heteroatoms. The summed E-state index contributed by atoms with van der Waals surface area (Å²) in [6, 6.07) is 2.93. The van der Waals surface area contributed by atoms with Gasteiger partial charge in [-0.25, -0.2) is 17.9 Å². The third-order valence-corrected chi connectivity index (χ3v) is 4.14. The first-order valence-electron chi connectivity index (χ1n) is 6.68. The summed E-state index contributed by atoms with van der Waals surface area (Å²) in [5.41, 5.74) is -0.684. The van der Waals surface area contributed by atoms with Gasteiger partial charge in [0.1, 0.15) is 0 Å². The number of anilines is 1. The minimum absolute atomic E-state index is 0.186. The Kier molecular flexibility index (Phi) is 5.46. The highest BCUT2D eigenvalue weighted by atomic mass is 32.2. The van der Waals surface area contributed by atoms with Crippen LogP contribution in [0.2, 0.25) is 0 Å². The number of urea groups is 1. The van der Waals surface area contributed by atoms with Crippen molar-refractivity contribution in [3.8, 4) is 12.0 Å². The van der Waals surface area contributed by atoms with Crippen molar-refractivity contribution in [3.05, 3.63) is 34.4 Å². The molecule has 0 aliphatic heterocycles. The van der Waals surface area contributed by atoms with E-state index in [-0.39, 0.29) is 18.0 Å². The molecular weight excluding hydrogens is 372 g/mol. The Hall–Kier alpha value is -3.55. The van der Waals surface area contributed by atoms with Gasteiger partial charge >= 0.3 is 18.1 Å². The molecule has 2 N–H and O–H groups in total. The average molecular weight is 384 g/mol. The SMILES string of the molecule is COc1nc(NC(=O)NS(=O)(=O)c2ccccc2[N+](=O)[O-])nc(OC)n1. The van der Waals surface area contributed by atoms with Gasteiger partial charge < -0.3 is 9.47 Å². The lowest BCUT2D eigenvalue weighted by Crippen LogP contribution is -2.35. The number of sulfonamides is 1. The van der Waals surface area contributed by atoms with Gasteiger partial charge in [-0.3, -0.25) is 15.4 Å². The van der Waals surface area contributed by atoms with E-state index < -0.39 is 31.6 Å². The third kappa shape index (κ3) is 4.29. The maximum Gasteiger partial charge on any atom is 0.335 e. The molecule has 0 saturated heterocycles. The molecular formula is C12H12N6O7S. The van der Waals surface area contributed by atoms with Gasteiger partial charge in [0, 0.05) is 6.07 Å². The number of nitro groups is 1. The van der Waals surface area contributed by atoms with Crippen LogP contribution < -0.4 is 19.5 Å². The van der Waals surface area contributed by atoms with Crippen LogP contribution in [0, 0.1) is 10.1 Å². The Balaban J connectivity index is 2.23. The number of nitrogens with zero attached hydrogens (tertiary/aromatic N) is 4. The zero-order chi connectivity index (χ0) is 19.3. The van der Waals surface area contributed by atoms with Gasteiger partial charge in [-0.05, 0) is 6.07 Å². The van der Waals surface area contributed by atoms with Crippen LogP contribution in [0.25, 0.3) is 0 Å². The maximum atomic E-state index is 12.2. The standard InChI is InChI=1S/C12H12N6O7S/c1-24-11-14-9(15-12(16-11)25-2)13-10(19)17-26(22,23)8-6-4-3-5-7(8)18(20)21/h3-6H,1-2H3,(H2,13,14,15,16,17,19). The molecule has 1 aromatic heterocycles. The number of benzene rings is 1. The average Bonchev–Trinajstić information content (AvgIpc) is 2.60. The van der Waals surface area contributed by atoms with Crippen molar-refractivity contribution in [2.45, 2.75) is 4.90 Å². The molecule has 0 bridgehead atoms. The van der Waals surface area contributed by atoms with E-state index in [2.05, 4.69) is 15.0 Å². The molecule has 0 fully saturated rings. The lowest BCUT2D eigenvalue weighted by molar-refractivity contribution is -0.387. The number of para-hydroxylation sites is 1. The summed E-state index contributed by atoms with van der Waals surface area (Å²) in [7, 11) is -2.00. The molecule has 13 nitrogen and oxygen atoms in total. The normalized spacial score (nSPS) is 10.7. The summed E-state index contributed by atoms with van der Waals surface area (Å²) in [6.45, 7) is 0. The Morgan fingerprint density at radius 1 is 1.12 bits per heavy atom. The van der Waals surface area contributed by atoms with Crippen LogP contribution >= 0.6 is 0 Å². The lowest BCUT2D eigenvalue weighted by Gasteiger charge is -2.09. The summed E-state index contributed by atoms with van der Waals surface area (Å²) in [6.07, 6.45) is 0. The van der Waals surface area contributed by atoms with Gasteiger partial charge in [0.15, 0.2) is 4.90 Å². The summed E-state index contributed by atoms with van der Waals surface area (Å²) in [5.74, 6) is -0.357. The van der Waals surface area contributed by atoms with E-state index in [0.29, 0.717) is 0 Å². The second-order valence-corrected chi connectivity index (χ2v) is 6.07. The van der Waals surface area contributed by atoms with Gasteiger partial charge in [0.25, 0.3) is 15.7 Å². The number of aromatic nitrogens is 3. The number of methoxy groups -OCH3 is 2. The van der Waals surface area contributed by atoms with E-state index >= 15 is 0 Å². The number of nitro benzene ring substituents is 1. The molecule has 0 radical (unpaired) electrons. The second-order valence-electron chi connectivity index (χ2n) is 4.42. The van der Waals surface area contributed by atoms with Gasteiger partial charge in [0.2, 0.25) is 5.95 Å². The number of hydrogen-bond acceptors (Lipinski definition) is 10. The van der Waals surface area contributed by atoms with Crippen LogP contribution in [0.15, 0.2) is 29.2 Å². The van der Waals surface area contributed by atoms with E-state index in [4.69, 9.17) is 9.47 Å². The number of amides is 2. The first kappa shape index (κ1) is 18.8. The lowest BCUT2D eigenvalue weighted by atomic mass is 10.3. The predicted molar refractivity (Wildman–Crippen MR) is 85.4 cm³/mol. The Morgan fingerprint density at radius 3 is 2.23 bits per heavy atom. The molecule has 2 rings (SSSR count). The summed E-state index contributed by atoms with van der Waals surface area (Å²) < 4.78 is 35.6. The summed E-state index contributed by atoms with van der Waals surface area (Å²) in [4.78, 5) is 32.4. The quantitative estimate of drug-likeness (QED) is 0.520. The minimum atomic E-state index is -4.52. The van der Waals surface area contributed by atoms with Crippen molar-refractivity contribution in [1.82, 2.24) is 19.7 Å². The highest BCUT2D eigenvalue weighted by molar-refractivity contribution is 7.90. The van der Waals surface area contributed by atoms with Gasteiger partial charge in [0.05, 0.1) is 19.1 Å². The molecule has 0 spiro atoms. The zero-order valence-electron chi connectivity index (χ0n) is 13.4. The van der Waals surface area contributed by atoms with Crippen LogP contribution in [-0.2, 0) is 10.0 Å². The van der Waals surface area contributed by atoms with Gasteiger partial charge in [-0.1, -0.05) is 12.1 Å². The molecule has 2 aromatic rings. The maximum absolute atomic E-state index is 12.2. The Labute approximate surface area is 146 Å². The van der Waals surface area contributed by atoms with E-state index in [1.54, 1.807) is 4.72 Å². The molecule has 0 atom stereocenters. The highest BCUT2D eigenvalue weighted by Crippen LogP contribution is 2.22. The topological polar surface area (TPSA) is 176 Å². The fourth-order valence-corrected chi connectivity index (χ4v) is 2.80. The van der Waals surface area contributed by atoms with E-state index in [9.17, 15) is 23.3 Å². The fourth-order valence-electron chi connectivity index (χ4n) is 1.72. The van der Waals surface area contributed by atoms with Crippen molar-refractivity contribution in [3.63, 3.8) is 0 Å². The number of hydrogen-bond donors (Lipinski definition) is 2. The number of ether oxygens (including phenoxy) is 2.